The van der Waals surface area contributed by atoms with Gasteiger partial charge >= 0.3 is 0 Å². The molecule has 0 atom stereocenters. The molecule has 0 N–H and O–H groups in total. The summed E-state index contributed by atoms with van der Waals surface area (Å²) in [7, 11) is 0. The van der Waals surface area contributed by atoms with E-state index in [-0.39, 0.29) is 0 Å². The molecule has 0 fully saturated rings. The van der Waals surface area contributed by atoms with E-state index in [1.54, 1.807) is 18.4 Å². The Balaban J connectivity index is 2.05. The van der Waals surface area contributed by atoms with Crippen LogP contribution in [0.25, 0.3) is 23.0 Å². The van der Waals surface area contributed by atoms with E-state index < -0.39 is 0 Å². The number of nitrogens with zero attached hydrogens (tertiary/aromatic N) is 2. The highest BCUT2D eigenvalue weighted by Crippen LogP contribution is 2.31. The zero-order valence-corrected chi connectivity index (χ0v) is 13.9. The van der Waals surface area contributed by atoms with Gasteiger partial charge < -0.3 is 8.94 Å². The summed E-state index contributed by atoms with van der Waals surface area (Å²) in [5.41, 5.74) is 1.85. The molecule has 0 aliphatic carbocycles. The Morgan fingerprint density at radius 1 is 1.25 bits per heavy atom. The molecule has 4 nitrogen and oxygen atoms in total. The van der Waals surface area contributed by atoms with E-state index in [0.29, 0.717) is 27.8 Å². The molecule has 0 spiro atoms. The summed E-state index contributed by atoms with van der Waals surface area (Å²) in [5.74, 6) is 1.33. The van der Waals surface area contributed by atoms with Crippen LogP contribution in [0.5, 0.6) is 0 Å². The molecule has 2 heterocycles. The van der Waals surface area contributed by atoms with Crippen molar-refractivity contribution in [2.24, 2.45) is 0 Å². The standard InChI is InChI=1S/C13H7Br2ClN2O2/c14-6-7-5-8(16)1-2-9(7)12-17-13(20-18-12)11-10(15)3-4-19-11/h1-5H,6H2. The number of rotatable bonds is 3. The lowest BCUT2D eigenvalue weighted by atomic mass is 10.1. The predicted molar refractivity (Wildman–Crippen MR) is 82.8 cm³/mol. The Labute approximate surface area is 136 Å². The zero-order valence-electron chi connectivity index (χ0n) is 9.94. The summed E-state index contributed by atoms with van der Waals surface area (Å²) in [6.45, 7) is 0. The first-order valence-electron chi connectivity index (χ1n) is 5.61. The lowest BCUT2D eigenvalue weighted by molar-refractivity contribution is 0.416. The van der Waals surface area contributed by atoms with Crippen molar-refractivity contribution >= 4 is 43.5 Å². The quantitative estimate of drug-likeness (QED) is 0.541. The number of halogens is 3. The Morgan fingerprint density at radius 2 is 2.10 bits per heavy atom. The minimum Gasteiger partial charge on any atom is -0.458 e. The second-order valence-electron chi connectivity index (χ2n) is 3.96. The monoisotopic (exact) mass is 416 g/mol. The number of alkyl halides is 1. The molecule has 0 aliphatic rings. The second-order valence-corrected chi connectivity index (χ2v) is 5.81. The fourth-order valence-electron chi connectivity index (χ4n) is 1.76. The third-order valence-corrected chi connectivity index (χ3v) is 4.15. The van der Waals surface area contributed by atoms with Crippen molar-refractivity contribution in [3.05, 3.63) is 45.6 Å². The Bertz CT molecular complexity index is 754. The number of hydrogen-bond donors (Lipinski definition) is 0. The van der Waals surface area contributed by atoms with Crippen molar-refractivity contribution in [2.75, 3.05) is 0 Å². The number of benzene rings is 1. The van der Waals surface area contributed by atoms with Gasteiger partial charge in [-0.15, -0.1) is 0 Å². The molecule has 20 heavy (non-hydrogen) atoms. The smallest absolute Gasteiger partial charge is 0.295 e. The molecule has 0 radical (unpaired) electrons. The van der Waals surface area contributed by atoms with Crippen molar-refractivity contribution in [3.63, 3.8) is 0 Å². The maximum absolute atomic E-state index is 5.98. The van der Waals surface area contributed by atoms with Gasteiger partial charge in [0.25, 0.3) is 5.89 Å². The highest BCUT2D eigenvalue weighted by Gasteiger charge is 2.17. The summed E-state index contributed by atoms with van der Waals surface area (Å²) in [4.78, 5) is 4.36. The van der Waals surface area contributed by atoms with Gasteiger partial charge in [0.15, 0.2) is 0 Å². The maximum Gasteiger partial charge on any atom is 0.295 e. The first-order chi connectivity index (χ1) is 9.69. The number of furan rings is 1. The van der Waals surface area contributed by atoms with Gasteiger partial charge in [0, 0.05) is 15.9 Å². The molecular formula is C13H7Br2ClN2O2. The predicted octanol–water partition coefficient (Wildman–Crippen LogP) is 5.31. The Kier molecular flexibility index (Phi) is 3.96. The van der Waals surface area contributed by atoms with Crippen molar-refractivity contribution in [1.82, 2.24) is 10.1 Å². The minimum absolute atomic E-state index is 0.326. The minimum atomic E-state index is 0.326. The van der Waals surface area contributed by atoms with Crippen molar-refractivity contribution in [3.8, 4) is 23.0 Å². The summed E-state index contributed by atoms with van der Waals surface area (Å²) in [6, 6.07) is 7.29. The van der Waals surface area contributed by atoms with Crippen LogP contribution in [-0.2, 0) is 5.33 Å². The van der Waals surface area contributed by atoms with Gasteiger partial charge in [0.1, 0.15) is 0 Å². The first-order valence-corrected chi connectivity index (χ1v) is 7.90. The second kappa shape index (κ2) is 5.71. The van der Waals surface area contributed by atoms with Crippen LogP contribution in [0.2, 0.25) is 5.02 Å². The van der Waals surface area contributed by atoms with Crippen LogP contribution in [0.3, 0.4) is 0 Å². The molecule has 102 valence electrons. The molecule has 0 saturated carbocycles. The number of hydrogen-bond acceptors (Lipinski definition) is 4. The molecule has 2 aromatic heterocycles. The van der Waals surface area contributed by atoms with E-state index >= 15 is 0 Å². The van der Waals surface area contributed by atoms with Crippen molar-refractivity contribution < 1.29 is 8.94 Å². The van der Waals surface area contributed by atoms with Crippen LogP contribution in [0, 0.1) is 0 Å². The molecular weight excluding hydrogens is 411 g/mol. The molecule has 0 amide bonds. The number of aromatic nitrogens is 2. The van der Waals surface area contributed by atoms with Crippen LogP contribution >= 0.6 is 43.5 Å². The van der Waals surface area contributed by atoms with Gasteiger partial charge in [-0.3, -0.25) is 0 Å². The molecule has 3 aromatic rings. The third kappa shape index (κ3) is 2.55. The highest BCUT2D eigenvalue weighted by molar-refractivity contribution is 9.10. The topological polar surface area (TPSA) is 52.1 Å². The molecule has 0 saturated heterocycles. The molecule has 3 rings (SSSR count). The van der Waals surface area contributed by atoms with E-state index in [1.165, 1.54) is 0 Å². The van der Waals surface area contributed by atoms with Gasteiger partial charge in [0.05, 0.1) is 10.7 Å². The van der Waals surface area contributed by atoms with E-state index in [9.17, 15) is 0 Å². The lowest BCUT2D eigenvalue weighted by Gasteiger charge is -2.02. The fourth-order valence-corrected chi connectivity index (χ4v) is 2.79. The molecule has 7 heteroatoms. The summed E-state index contributed by atoms with van der Waals surface area (Å²) < 4.78 is 11.3. The largest absolute Gasteiger partial charge is 0.458 e. The maximum atomic E-state index is 5.98. The Hall–Kier alpha value is -1.11. The first kappa shape index (κ1) is 13.9. The van der Waals surface area contributed by atoms with Crippen molar-refractivity contribution in [1.29, 1.82) is 0 Å². The fraction of sp³-hybridized carbons (Fsp3) is 0.0769. The van der Waals surface area contributed by atoms with Crippen LogP contribution in [0.4, 0.5) is 0 Å². The third-order valence-electron chi connectivity index (χ3n) is 2.69. The van der Waals surface area contributed by atoms with Gasteiger partial charge in [-0.2, -0.15) is 4.98 Å². The van der Waals surface area contributed by atoms with Crippen molar-refractivity contribution in [2.45, 2.75) is 5.33 Å². The van der Waals surface area contributed by atoms with Crippen LogP contribution in [0.1, 0.15) is 5.56 Å². The van der Waals surface area contributed by atoms with E-state index in [0.717, 1.165) is 15.6 Å². The van der Waals surface area contributed by atoms with E-state index in [1.807, 2.05) is 12.1 Å². The van der Waals surface area contributed by atoms with Gasteiger partial charge in [-0.1, -0.05) is 32.7 Å². The van der Waals surface area contributed by atoms with Crippen LogP contribution in [0.15, 0.2) is 43.9 Å². The van der Waals surface area contributed by atoms with E-state index in [4.69, 9.17) is 20.5 Å². The van der Waals surface area contributed by atoms with Crippen LogP contribution in [-0.4, -0.2) is 10.1 Å². The average Bonchev–Trinajstić information content (AvgIpc) is 3.07. The van der Waals surface area contributed by atoms with Gasteiger partial charge in [0.2, 0.25) is 11.6 Å². The normalized spacial score (nSPS) is 10.9. The highest BCUT2D eigenvalue weighted by atomic mass is 79.9. The molecule has 0 bridgehead atoms. The molecule has 0 aliphatic heterocycles. The average molecular weight is 418 g/mol. The zero-order chi connectivity index (χ0) is 14.1. The molecule has 1 aromatic carbocycles. The summed E-state index contributed by atoms with van der Waals surface area (Å²) in [6.07, 6.45) is 1.55. The van der Waals surface area contributed by atoms with Gasteiger partial charge in [-0.05, 0) is 45.8 Å². The lowest BCUT2D eigenvalue weighted by Crippen LogP contribution is -1.88. The Morgan fingerprint density at radius 3 is 2.80 bits per heavy atom. The van der Waals surface area contributed by atoms with E-state index in [2.05, 4.69) is 42.0 Å². The summed E-state index contributed by atoms with van der Waals surface area (Å²) >= 11 is 12.8. The molecule has 0 unspecified atom stereocenters. The van der Waals surface area contributed by atoms with Gasteiger partial charge in [-0.25, -0.2) is 0 Å². The van der Waals surface area contributed by atoms with Crippen LogP contribution < -0.4 is 0 Å². The SMILES string of the molecule is Clc1ccc(-c2noc(-c3occc3Br)n2)c(CBr)c1. The summed E-state index contributed by atoms with van der Waals surface area (Å²) in [5, 5.41) is 5.31.